The van der Waals surface area contributed by atoms with Crippen LogP contribution in [0, 0.1) is 13.8 Å². The van der Waals surface area contributed by atoms with Crippen LogP contribution < -0.4 is 20.9 Å². The number of amides is 2. The van der Waals surface area contributed by atoms with Gasteiger partial charge in [0.25, 0.3) is 11.8 Å². The maximum atomic E-state index is 13.2. The fraction of sp³-hybridized carbons (Fsp3) is 0.172. The number of allylic oxidation sites excluding steroid dienone is 1. The molecule has 0 fully saturated rings. The normalized spacial score (nSPS) is 11.4. The number of anilines is 1. The summed E-state index contributed by atoms with van der Waals surface area (Å²) in [6.07, 6.45) is 1.76. The Kier molecular flexibility index (Phi) is 8.07. The highest BCUT2D eigenvalue weighted by atomic mass is 16.5. The topological polar surface area (TPSA) is 130 Å². The lowest BCUT2D eigenvalue weighted by Crippen LogP contribution is -2.31. The summed E-state index contributed by atoms with van der Waals surface area (Å²) in [6.45, 7) is 5.52. The number of methoxy groups -OCH3 is 1. The highest BCUT2D eigenvalue weighted by molar-refractivity contribution is 6.05. The van der Waals surface area contributed by atoms with Gasteiger partial charge in [-0.2, -0.15) is 0 Å². The minimum Gasteiger partial charge on any atom is -0.496 e. The number of nitrogens with one attached hydrogen (secondary N) is 3. The molecule has 0 spiro atoms. The van der Waals surface area contributed by atoms with E-state index in [1.807, 2.05) is 43.6 Å². The molecule has 0 aliphatic rings. The highest BCUT2D eigenvalue weighted by Gasteiger charge is 2.18. The molecule has 4 rings (SSSR count). The van der Waals surface area contributed by atoms with Crippen LogP contribution in [0.4, 0.5) is 5.69 Å². The lowest BCUT2D eigenvalue weighted by Gasteiger charge is -2.16. The van der Waals surface area contributed by atoms with Gasteiger partial charge >= 0.3 is 0 Å². The van der Waals surface area contributed by atoms with Crippen molar-refractivity contribution in [2.45, 2.75) is 20.8 Å². The van der Waals surface area contributed by atoms with Crippen molar-refractivity contribution >= 4 is 17.5 Å². The molecule has 0 atom stereocenters. The Hall–Kier alpha value is -4.96. The van der Waals surface area contributed by atoms with Crippen molar-refractivity contribution in [2.24, 2.45) is 7.05 Å². The lowest BCUT2D eigenvalue weighted by atomic mass is 9.93. The number of benzene rings is 3. The summed E-state index contributed by atoms with van der Waals surface area (Å²) in [5, 5.41) is 23.1. The molecule has 1 aromatic heterocycles. The molecule has 39 heavy (non-hydrogen) atoms. The fourth-order valence-corrected chi connectivity index (χ4v) is 4.32. The van der Waals surface area contributed by atoms with E-state index in [1.54, 1.807) is 61.4 Å². The van der Waals surface area contributed by atoms with E-state index in [4.69, 9.17) is 4.74 Å². The first-order valence-electron chi connectivity index (χ1n) is 12.2. The van der Waals surface area contributed by atoms with Gasteiger partial charge < -0.3 is 15.4 Å². The second kappa shape index (κ2) is 11.6. The first kappa shape index (κ1) is 27.1. The zero-order valence-corrected chi connectivity index (χ0v) is 22.4. The van der Waals surface area contributed by atoms with Crippen LogP contribution in [0.2, 0.25) is 0 Å². The van der Waals surface area contributed by atoms with Crippen molar-refractivity contribution in [2.75, 3.05) is 12.4 Å². The first-order valence-corrected chi connectivity index (χ1v) is 12.2. The zero-order valence-electron chi connectivity index (χ0n) is 22.4. The average Bonchev–Trinajstić information content (AvgIpc) is 3.35. The van der Waals surface area contributed by atoms with E-state index in [2.05, 4.69) is 20.9 Å². The minimum absolute atomic E-state index is 0.134. The molecule has 10 nitrogen and oxygen atoms in total. The van der Waals surface area contributed by atoms with Crippen LogP contribution in [-0.4, -0.2) is 39.1 Å². The number of aryl methyl sites for hydroxylation is 3. The predicted molar refractivity (Wildman–Crippen MR) is 148 cm³/mol. The van der Waals surface area contributed by atoms with Crippen molar-refractivity contribution in [1.82, 2.24) is 25.8 Å². The molecule has 0 aliphatic carbocycles. The van der Waals surface area contributed by atoms with E-state index in [9.17, 15) is 14.8 Å². The summed E-state index contributed by atoms with van der Waals surface area (Å²) in [5.74, 6) is -0.456. The third-order valence-electron chi connectivity index (χ3n) is 6.25. The zero-order chi connectivity index (χ0) is 28.1. The summed E-state index contributed by atoms with van der Waals surface area (Å²) in [7, 11) is 3.35. The van der Waals surface area contributed by atoms with Crippen LogP contribution in [0.25, 0.3) is 22.4 Å². The molecule has 0 saturated heterocycles. The Bertz CT molecular complexity index is 1550. The van der Waals surface area contributed by atoms with Gasteiger partial charge in [0, 0.05) is 35.1 Å². The average molecular weight is 527 g/mol. The molecule has 0 aliphatic heterocycles. The number of nitrogens with zero attached hydrogens (tertiary/aromatic N) is 3. The highest BCUT2D eigenvalue weighted by Crippen LogP contribution is 2.35. The molecule has 200 valence electrons. The maximum absolute atomic E-state index is 13.2. The first-order chi connectivity index (χ1) is 18.7. The second-order valence-electron chi connectivity index (χ2n) is 9.06. The number of carbonyl (C=O) groups excluding carboxylic acids is 2. The van der Waals surface area contributed by atoms with Crippen LogP contribution in [-0.2, 0) is 11.8 Å². The van der Waals surface area contributed by atoms with E-state index in [1.165, 1.54) is 6.92 Å². The van der Waals surface area contributed by atoms with Gasteiger partial charge in [0.2, 0.25) is 0 Å². The standard InChI is InChI=1S/C29H30N6O4/c1-17-8-6-9-18(2)26(17)23-15-21(12-13-25(23)39-5)28(36)30-19(3)27(33-38)29(37)31-22-11-7-10-20(14-22)24-16-35(4)34-32-24/h6-16,33,38H,1-5H3,(H,30,36)(H,31,37)/b27-19-. The molecular weight excluding hydrogens is 496 g/mol. The quantitative estimate of drug-likeness (QED) is 0.198. The van der Waals surface area contributed by atoms with E-state index in [-0.39, 0.29) is 11.4 Å². The van der Waals surface area contributed by atoms with Crippen molar-refractivity contribution in [3.05, 3.63) is 94.9 Å². The smallest absolute Gasteiger partial charge is 0.275 e. The summed E-state index contributed by atoms with van der Waals surface area (Å²) in [4.78, 5) is 26.1. The number of aromatic nitrogens is 3. The Balaban J connectivity index is 1.56. The van der Waals surface area contributed by atoms with Crippen LogP contribution in [0.5, 0.6) is 5.75 Å². The predicted octanol–water partition coefficient (Wildman–Crippen LogP) is 4.35. The van der Waals surface area contributed by atoms with E-state index < -0.39 is 11.8 Å². The molecule has 0 radical (unpaired) electrons. The van der Waals surface area contributed by atoms with Gasteiger partial charge in [0.05, 0.1) is 13.3 Å². The molecule has 3 aromatic carbocycles. The summed E-state index contributed by atoms with van der Waals surface area (Å²) in [5.41, 5.74) is 7.93. The van der Waals surface area contributed by atoms with Crippen molar-refractivity contribution < 1.29 is 19.5 Å². The van der Waals surface area contributed by atoms with E-state index in [0.717, 1.165) is 27.8 Å². The molecule has 0 bridgehead atoms. The van der Waals surface area contributed by atoms with Crippen molar-refractivity contribution in [3.63, 3.8) is 0 Å². The number of ether oxygens (including phenoxy) is 1. The molecule has 0 unspecified atom stereocenters. The Morgan fingerprint density at radius 3 is 2.36 bits per heavy atom. The van der Waals surface area contributed by atoms with Gasteiger partial charge in [-0.15, -0.1) is 5.10 Å². The van der Waals surface area contributed by atoms with Gasteiger partial charge in [-0.1, -0.05) is 35.5 Å². The third kappa shape index (κ3) is 5.97. The minimum atomic E-state index is -0.641. The van der Waals surface area contributed by atoms with Gasteiger partial charge in [-0.05, 0) is 67.8 Å². The second-order valence-corrected chi connectivity index (χ2v) is 9.06. The molecule has 4 N–H and O–H groups in total. The number of hydrogen-bond acceptors (Lipinski definition) is 7. The molecular formula is C29H30N6O4. The van der Waals surface area contributed by atoms with E-state index in [0.29, 0.717) is 22.7 Å². The number of rotatable bonds is 8. The van der Waals surface area contributed by atoms with Gasteiger partial charge in [-0.3, -0.25) is 25.0 Å². The van der Waals surface area contributed by atoms with Crippen LogP contribution >= 0.6 is 0 Å². The van der Waals surface area contributed by atoms with Crippen LogP contribution in [0.1, 0.15) is 28.4 Å². The third-order valence-corrected chi connectivity index (χ3v) is 6.25. The van der Waals surface area contributed by atoms with Gasteiger partial charge in [0.15, 0.2) is 0 Å². The summed E-state index contributed by atoms with van der Waals surface area (Å²) >= 11 is 0. The van der Waals surface area contributed by atoms with Crippen LogP contribution in [0.15, 0.2) is 78.3 Å². The molecule has 2 amide bonds. The largest absolute Gasteiger partial charge is 0.496 e. The van der Waals surface area contributed by atoms with E-state index >= 15 is 0 Å². The summed E-state index contributed by atoms with van der Waals surface area (Å²) < 4.78 is 7.14. The maximum Gasteiger partial charge on any atom is 0.275 e. The Morgan fingerprint density at radius 2 is 1.72 bits per heavy atom. The van der Waals surface area contributed by atoms with Gasteiger partial charge in [0.1, 0.15) is 17.1 Å². The molecule has 10 heteroatoms. The monoisotopic (exact) mass is 526 g/mol. The Labute approximate surface area is 226 Å². The van der Waals surface area contributed by atoms with Crippen molar-refractivity contribution in [1.29, 1.82) is 0 Å². The Morgan fingerprint density at radius 1 is 1.00 bits per heavy atom. The SMILES string of the molecule is COc1ccc(C(=O)N/C(C)=C(\NO)C(=O)Nc2cccc(-c3cn(C)nn3)c2)cc1-c1c(C)cccc1C. The van der Waals surface area contributed by atoms with Gasteiger partial charge in [-0.25, -0.2) is 0 Å². The summed E-state index contributed by atoms with van der Waals surface area (Å²) in [6, 6.07) is 18.1. The number of carbonyl (C=O) groups is 2. The molecule has 1 heterocycles. The number of hydrogen-bond donors (Lipinski definition) is 4. The number of hydroxylamine groups is 1. The van der Waals surface area contributed by atoms with Crippen LogP contribution in [0.3, 0.4) is 0 Å². The fourth-order valence-electron chi connectivity index (χ4n) is 4.32. The molecule has 4 aromatic rings. The van der Waals surface area contributed by atoms with Crippen molar-refractivity contribution in [3.8, 4) is 28.1 Å². The molecule has 0 saturated carbocycles. The lowest BCUT2D eigenvalue weighted by molar-refractivity contribution is -0.114.